The van der Waals surface area contributed by atoms with Crippen LogP contribution in [0.2, 0.25) is 5.02 Å². The van der Waals surface area contributed by atoms with Gasteiger partial charge in [0.1, 0.15) is 0 Å². The average molecular weight is 396 g/mol. The summed E-state index contributed by atoms with van der Waals surface area (Å²) in [4.78, 5) is 11.5. The number of carbonyl (C=O) groups is 1. The van der Waals surface area contributed by atoms with Crippen molar-refractivity contribution in [2.24, 2.45) is 0 Å². The highest BCUT2D eigenvalue weighted by atomic mass is 35.5. The molecule has 134 valence electrons. The van der Waals surface area contributed by atoms with Crippen molar-refractivity contribution in [3.05, 3.63) is 52.7 Å². The molecule has 0 saturated carbocycles. The number of carboxylic acid groups (broad SMARTS) is 1. The molecule has 0 atom stereocenters. The molecular weight excluding hydrogens is 386 g/mol. The van der Waals surface area contributed by atoms with Gasteiger partial charge in [0.05, 0.1) is 15.6 Å². The lowest BCUT2D eigenvalue weighted by Crippen LogP contribution is -2.38. The summed E-state index contributed by atoms with van der Waals surface area (Å²) >= 11 is 6.17. The number of nitrogens with zero attached hydrogens (tertiary/aromatic N) is 1. The number of aliphatic carboxylic acids is 1. The second kappa shape index (κ2) is 5.55. The zero-order valence-corrected chi connectivity index (χ0v) is 14.4. The molecule has 4 rings (SSSR count). The van der Waals surface area contributed by atoms with Crippen LogP contribution in [0.1, 0.15) is 5.56 Å². The predicted molar refractivity (Wildman–Crippen MR) is 90.9 cm³/mol. The molecular formula is C16H10ClNO7S. The first-order valence-corrected chi connectivity index (χ1v) is 9.04. The van der Waals surface area contributed by atoms with E-state index in [9.17, 15) is 23.4 Å². The monoisotopic (exact) mass is 395 g/mol. The number of hydrogen-bond donors (Lipinski definition) is 2. The predicted octanol–water partition coefficient (Wildman–Crippen LogP) is 2.59. The molecule has 0 amide bonds. The maximum Gasteiger partial charge on any atom is 0.357 e. The molecule has 0 bridgehead atoms. The van der Waals surface area contributed by atoms with Crippen LogP contribution in [0.5, 0.6) is 11.5 Å². The number of ether oxygens (including phenoxy) is 2. The third-order valence-corrected chi connectivity index (χ3v) is 6.03. The Balaban J connectivity index is 2.05. The van der Waals surface area contributed by atoms with E-state index in [1.165, 1.54) is 36.4 Å². The summed E-state index contributed by atoms with van der Waals surface area (Å²) in [7, 11) is -4.35. The van der Waals surface area contributed by atoms with Gasteiger partial charge < -0.3 is 19.7 Å². The van der Waals surface area contributed by atoms with Crippen molar-refractivity contribution in [3.63, 3.8) is 0 Å². The summed E-state index contributed by atoms with van der Waals surface area (Å²) in [6.07, 6.45) is 0. The van der Waals surface area contributed by atoms with Gasteiger partial charge in [-0.25, -0.2) is 17.5 Å². The first kappa shape index (κ1) is 16.6. The summed E-state index contributed by atoms with van der Waals surface area (Å²) in [5.41, 5.74) is -1.10. The van der Waals surface area contributed by atoms with Crippen LogP contribution >= 0.6 is 11.6 Å². The number of hydrogen-bond acceptors (Lipinski definition) is 6. The Morgan fingerprint density at radius 2 is 1.81 bits per heavy atom. The Morgan fingerprint density at radius 1 is 1.15 bits per heavy atom. The van der Waals surface area contributed by atoms with Gasteiger partial charge in [-0.1, -0.05) is 23.7 Å². The first-order chi connectivity index (χ1) is 12.3. The third-order valence-electron chi connectivity index (χ3n) is 3.95. The van der Waals surface area contributed by atoms with Gasteiger partial charge in [0.15, 0.2) is 23.0 Å². The van der Waals surface area contributed by atoms with Gasteiger partial charge in [0, 0.05) is 17.7 Å². The number of aliphatic hydroxyl groups is 1. The minimum atomic E-state index is -4.35. The van der Waals surface area contributed by atoms with E-state index < -0.39 is 27.4 Å². The zero-order chi connectivity index (χ0) is 18.6. The molecule has 10 heteroatoms. The van der Waals surface area contributed by atoms with Crippen molar-refractivity contribution >= 4 is 39.0 Å². The van der Waals surface area contributed by atoms with Crippen molar-refractivity contribution in [1.82, 2.24) is 0 Å². The van der Waals surface area contributed by atoms with Gasteiger partial charge in [0.25, 0.3) is 10.0 Å². The molecule has 8 nitrogen and oxygen atoms in total. The number of fused-ring (bicyclic) bond motifs is 2. The first-order valence-electron chi connectivity index (χ1n) is 7.23. The van der Waals surface area contributed by atoms with Crippen molar-refractivity contribution in [1.29, 1.82) is 0 Å². The molecule has 0 aromatic heterocycles. The van der Waals surface area contributed by atoms with Gasteiger partial charge in [-0.2, -0.15) is 0 Å². The van der Waals surface area contributed by atoms with Gasteiger partial charge in [-0.15, -0.1) is 0 Å². The van der Waals surface area contributed by atoms with Crippen molar-refractivity contribution in [2.45, 2.75) is 4.90 Å². The summed E-state index contributed by atoms with van der Waals surface area (Å²) in [6.45, 7) is -0.0718. The Labute approximate surface area is 152 Å². The van der Waals surface area contributed by atoms with Gasteiger partial charge in [-0.05, 0) is 12.1 Å². The lowest BCUT2D eigenvalue weighted by Gasteiger charge is -2.30. The number of sulfonamides is 1. The fourth-order valence-electron chi connectivity index (χ4n) is 2.83. The smallest absolute Gasteiger partial charge is 0.357 e. The van der Waals surface area contributed by atoms with Crippen LogP contribution in [0.15, 0.2) is 47.0 Å². The van der Waals surface area contributed by atoms with E-state index in [4.69, 9.17) is 21.1 Å². The number of carboxylic acids is 1. The highest BCUT2D eigenvalue weighted by Crippen LogP contribution is 2.46. The minimum absolute atomic E-state index is 0.0718. The summed E-state index contributed by atoms with van der Waals surface area (Å²) in [5.74, 6) is -1.80. The fraction of sp³-hybridized carbons (Fsp3) is 0.0625. The maximum atomic E-state index is 13.1. The standard InChI is InChI=1S/C16H10ClNO7S/c17-9-5-11-12(25-7-24-11)6-10(9)18-14(16(20)21)15(19)8-3-1-2-4-13(8)26(18,22)23/h1-6,19H,7H2,(H,20,21). The lowest BCUT2D eigenvalue weighted by atomic mass is 10.1. The van der Waals surface area contributed by atoms with E-state index in [1.54, 1.807) is 0 Å². The summed E-state index contributed by atoms with van der Waals surface area (Å²) < 4.78 is 37.1. The van der Waals surface area contributed by atoms with Gasteiger partial charge in [0.2, 0.25) is 6.79 Å². The Hall–Kier alpha value is -2.91. The fourth-order valence-corrected chi connectivity index (χ4v) is 4.82. The molecule has 0 aliphatic carbocycles. The molecule has 2 N–H and O–H groups in total. The number of halogens is 1. The number of benzene rings is 2. The topological polar surface area (TPSA) is 113 Å². The van der Waals surface area contributed by atoms with E-state index in [-0.39, 0.29) is 33.7 Å². The second-order valence-electron chi connectivity index (χ2n) is 5.42. The van der Waals surface area contributed by atoms with Crippen LogP contribution < -0.4 is 13.8 Å². The van der Waals surface area contributed by atoms with Gasteiger partial charge >= 0.3 is 5.97 Å². The molecule has 2 aliphatic heterocycles. The zero-order valence-electron chi connectivity index (χ0n) is 12.8. The highest BCUT2D eigenvalue weighted by Gasteiger charge is 2.42. The molecule has 2 heterocycles. The van der Waals surface area contributed by atoms with Crippen molar-refractivity contribution < 1.29 is 32.9 Å². The van der Waals surface area contributed by atoms with E-state index in [0.29, 0.717) is 10.1 Å². The molecule has 0 radical (unpaired) electrons. The van der Waals surface area contributed by atoms with Gasteiger partial charge in [-0.3, -0.25) is 0 Å². The van der Waals surface area contributed by atoms with E-state index >= 15 is 0 Å². The Morgan fingerprint density at radius 3 is 2.50 bits per heavy atom. The number of aliphatic hydroxyl groups excluding tert-OH is 1. The average Bonchev–Trinajstić information content (AvgIpc) is 3.04. The van der Waals surface area contributed by atoms with Crippen LogP contribution in [0, 0.1) is 0 Å². The Kier molecular flexibility index (Phi) is 3.53. The quantitative estimate of drug-likeness (QED) is 0.803. The van der Waals surface area contributed by atoms with E-state index in [0.717, 1.165) is 0 Å². The molecule has 0 fully saturated rings. The number of rotatable bonds is 2. The molecule has 0 unspecified atom stereocenters. The van der Waals surface area contributed by atoms with Crippen LogP contribution in [-0.2, 0) is 14.8 Å². The Bertz CT molecular complexity index is 1090. The van der Waals surface area contributed by atoms with E-state index in [2.05, 4.69) is 0 Å². The lowest BCUT2D eigenvalue weighted by molar-refractivity contribution is -0.132. The number of anilines is 1. The van der Waals surface area contributed by atoms with Crippen LogP contribution in [0.3, 0.4) is 0 Å². The molecule has 2 aliphatic rings. The van der Waals surface area contributed by atoms with E-state index in [1.807, 2.05) is 0 Å². The van der Waals surface area contributed by atoms with Crippen molar-refractivity contribution in [3.8, 4) is 11.5 Å². The molecule has 0 spiro atoms. The minimum Gasteiger partial charge on any atom is -0.505 e. The molecule has 0 saturated heterocycles. The summed E-state index contributed by atoms with van der Waals surface area (Å²) in [5, 5.41) is 19.9. The third kappa shape index (κ3) is 2.21. The van der Waals surface area contributed by atoms with Crippen LogP contribution in [-0.4, -0.2) is 31.4 Å². The molecule has 2 aromatic rings. The normalized spacial score (nSPS) is 17.2. The largest absolute Gasteiger partial charge is 0.505 e. The SMILES string of the molecule is O=C(O)C1=C(O)c2ccccc2S(=O)(=O)N1c1cc2c(cc1Cl)OCO2. The molecule has 2 aromatic carbocycles. The summed E-state index contributed by atoms with van der Waals surface area (Å²) in [6, 6.07) is 8.14. The van der Waals surface area contributed by atoms with Crippen LogP contribution in [0.25, 0.3) is 5.76 Å². The second-order valence-corrected chi connectivity index (χ2v) is 7.59. The maximum absolute atomic E-state index is 13.1. The highest BCUT2D eigenvalue weighted by molar-refractivity contribution is 7.93. The van der Waals surface area contributed by atoms with Crippen molar-refractivity contribution in [2.75, 3.05) is 11.1 Å². The molecule has 26 heavy (non-hydrogen) atoms. The van der Waals surface area contributed by atoms with Crippen LogP contribution in [0.4, 0.5) is 5.69 Å².